The standard InChI is InChI=1S/C15H27N3O.C2H6/c1-3-4-5-6-7-11-19-15(17)14(16)13-9-8-10-18(2)12-13;1-2/h9,16-17H,3-8,10-12H2,1-2H3;1-2H3. The third-order valence-electron chi connectivity index (χ3n) is 3.38. The summed E-state index contributed by atoms with van der Waals surface area (Å²) in [5.41, 5.74) is 1.17. The molecule has 0 fully saturated rings. The molecule has 0 unspecified atom stereocenters. The van der Waals surface area contributed by atoms with E-state index < -0.39 is 0 Å². The first-order valence-corrected chi connectivity index (χ1v) is 8.33. The topological polar surface area (TPSA) is 60.2 Å². The molecule has 4 nitrogen and oxygen atoms in total. The fourth-order valence-electron chi connectivity index (χ4n) is 2.17. The minimum atomic E-state index is 0.0250. The van der Waals surface area contributed by atoms with E-state index in [9.17, 15) is 0 Å². The van der Waals surface area contributed by atoms with Crippen LogP contribution in [0.15, 0.2) is 11.6 Å². The fourth-order valence-corrected chi connectivity index (χ4v) is 2.17. The molecule has 0 saturated carbocycles. The van der Waals surface area contributed by atoms with Gasteiger partial charge in [0.1, 0.15) is 5.71 Å². The summed E-state index contributed by atoms with van der Waals surface area (Å²) in [7, 11) is 2.04. The van der Waals surface area contributed by atoms with Crippen LogP contribution < -0.4 is 0 Å². The highest BCUT2D eigenvalue weighted by atomic mass is 16.5. The van der Waals surface area contributed by atoms with E-state index in [2.05, 4.69) is 17.9 Å². The first-order valence-electron chi connectivity index (χ1n) is 8.33. The van der Waals surface area contributed by atoms with Gasteiger partial charge in [-0.2, -0.15) is 0 Å². The number of likely N-dealkylation sites (N-methyl/N-ethyl adjacent to an activating group) is 1. The Hall–Kier alpha value is -1.16. The highest BCUT2D eigenvalue weighted by Gasteiger charge is 2.16. The molecule has 2 N–H and O–H groups in total. The Balaban J connectivity index is 0.00000191. The summed E-state index contributed by atoms with van der Waals surface area (Å²) in [5.74, 6) is 0.0250. The summed E-state index contributed by atoms with van der Waals surface area (Å²) in [4.78, 5) is 2.17. The van der Waals surface area contributed by atoms with Gasteiger partial charge < -0.3 is 9.64 Å². The monoisotopic (exact) mass is 295 g/mol. The zero-order chi connectivity index (χ0) is 16.1. The van der Waals surface area contributed by atoms with Gasteiger partial charge in [-0.25, -0.2) is 0 Å². The van der Waals surface area contributed by atoms with Crippen LogP contribution in [0.1, 0.15) is 59.3 Å². The van der Waals surface area contributed by atoms with E-state index in [1.165, 1.54) is 19.3 Å². The quantitative estimate of drug-likeness (QED) is 0.399. The second-order valence-corrected chi connectivity index (χ2v) is 5.22. The van der Waals surface area contributed by atoms with Crippen LogP contribution in [0.3, 0.4) is 0 Å². The van der Waals surface area contributed by atoms with Crippen LogP contribution in [0.2, 0.25) is 0 Å². The molecular weight excluding hydrogens is 262 g/mol. The predicted octanol–water partition coefficient (Wildman–Crippen LogP) is 4.26. The maximum Gasteiger partial charge on any atom is 0.232 e. The van der Waals surface area contributed by atoms with Gasteiger partial charge in [0.2, 0.25) is 5.90 Å². The number of hydrogen-bond donors (Lipinski definition) is 2. The molecule has 0 bridgehead atoms. The third-order valence-corrected chi connectivity index (χ3v) is 3.38. The molecule has 0 radical (unpaired) electrons. The molecule has 0 amide bonds. The Morgan fingerprint density at radius 3 is 2.48 bits per heavy atom. The Morgan fingerprint density at radius 1 is 1.19 bits per heavy atom. The number of ether oxygens (including phenoxy) is 1. The van der Waals surface area contributed by atoms with Gasteiger partial charge in [-0.05, 0) is 25.5 Å². The van der Waals surface area contributed by atoms with E-state index in [0.717, 1.165) is 37.9 Å². The van der Waals surface area contributed by atoms with Gasteiger partial charge in [0, 0.05) is 13.1 Å². The Bertz CT molecular complexity index is 337. The molecule has 0 atom stereocenters. The maximum absolute atomic E-state index is 7.98. The largest absolute Gasteiger partial charge is 0.477 e. The normalized spacial score (nSPS) is 14.8. The molecule has 0 aromatic rings. The van der Waals surface area contributed by atoms with Gasteiger partial charge in [0.25, 0.3) is 0 Å². The van der Waals surface area contributed by atoms with Crippen molar-refractivity contribution in [1.82, 2.24) is 4.90 Å². The van der Waals surface area contributed by atoms with Gasteiger partial charge in [-0.3, -0.25) is 10.8 Å². The maximum atomic E-state index is 7.98. The van der Waals surface area contributed by atoms with Gasteiger partial charge in [-0.1, -0.05) is 52.5 Å². The van der Waals surface area contributed by atoms with Crippen molar-refractivity contribution < 1.29 is 4.74 Å². The van der Waals surface area contributed by atoms with Crippen molar-refractivity contribution in [3.8, 4) is 0 Å². The Kier molecular flexibility index (Phi) is 11.9. The van der Waals surface area contributed by atoms with Crippen molar-refractivity contribution in [2.45, 2.75) is 59.3 Å². The molecule has 0 saturated heterocycles. The Morgan fingerprint density at radius 2 is 1.86 bits per heavy atom. The van der Waals surface area contributed by atoms with Gasteiger partial charge in [0.05, 0.1) is 6.61 Å². The van der Waals surface area contributed by atoms with E-state index in [0.29, 0.717) is 6.61 Å². The number of rotatable bonds is 8. The molecule has 4 heteroatoms. The minimum absolute atomic E-state index is 0.0250. The van der Waals surface area contributed by atoms with Gasteiger partial charge >= 0.3 is 0 Å². The summed E-state index contributed by atoms with van der Waals surface area (Å²) >= 11 is 0. The van der Waals surface area contributed by atoms with E-state index in [4.69, 9.17) is 15.6 Å². The Labute approximate surface area is 130 Å². The molecule has 1 aliphatic rings. The van der Waals surface area contributed by atoms with Crippen LogP contribution in [0, 0.1) is 10.8 Å². The minimum Gasteiger partial charge on any atom is -0.477 e. The van der Waals surface area contributed by atoms with Crippen LogP contribution in [-0.4, -0.2) is 43.3 Å². The second kappa shape index (κ2) is 12.6. The molecule has 21 heavy (non-hydrogen) atoms. The summed E-state index contributed by atoms with van der Waals surface area (Å²) in [6.45, 7) is 8.54. The van der Waals surface area contributed by atoms with Gasteiger partial charge in [0.15, 0.2) is 0 Å². The van der Waals surface area contributed by atoms with Crippen molar-refractivity contribution in [2.75, 3.05) is 26.7 Å². The molecular formula is C17H33N3O. The fraction of sp³-hybridized carbons (Fsp3) is 0.765. The van der Waals surface area contributed by atoms with Crippen molar-refractivity contribution >= 4 is 11.6 Å². The average molecular weight is 295 g/mol. The van der Waals surface area contributed by atoms with E-state index in [1.54, 1.807) is 0 Å². The highest BCUT2D eigenvalue weighted by molar-refractivity contribution is 6.43. The number of unbranched alkanes of at least 4 members (excludes halogenated alkanes) is 4. The third kappa shape index (κ3) is 8.66. The van der Waals surface area contributed by atoms with Crippen LogP contribution >= 0.6 is 0 Å². The zero-order valence-corrected chi connectivity index (χ0v) is 14.3. The van der Waals surface area contributed by atoms with E-state index >= 15 is 0 Å². The lowest BCUT2D eigenvalue weighted by atomic mass is 10.1. The molecule has 122 valence electrons. The smallest absolute Gasteiger partial charge is 0.232 e. The summed E-state index contributed by atoms with van der Waals surface area (Å²) < 4.78 is 5.37. The lowest BCUT2D eigenvalue weighted by molar-refractivity contribution is 0.294. The molecule has 0 aromatic carbocycles. The van der Waals surface area contributed by atoms with Crippen LogP contribution in [0.5, 0.6) is 0 Å². The first-order chi connectivity index (χ1) is 10.1. The van der Waals surface area contributed by atoms with Crippen LogP contribution in [0.4, 0.5) is 0 Å². The van der Waals surface area contributed by atoms with Crippen LogP contribution in [-0.2, 0) is 4.74 Å². The molecule has 0 spiro atoms. The summed E-state index contributed by atoms with van der Waals surface area (Å²) in [5, 5.41) is 15.8. The van der Waals surface area contributed by atoms with Crippen molar-refractivity contribution in [2.24, 2.45) is 0 Å². The molecule has 1 heterocycles. The zero-order valence-electron chi connectivity index (χ0n) is 14.3. The SMILES string of the molecule is CC.CCCCCCCOC(=N)C(=N)C1=CCCN(C)C1. The van der Waals surface area contributed by atoms with Crippen molar-refractivity contribution in [3.05, 3.63) is 11.6 Å². The van der Waals surface area contributed by atoms with Gasteiger partial charge in [-0.15, -0.1) is 0 Å². The second-order valence-electron chi connectivity index (χ2n) is 5.22. The van der Waals surface area contributed by atoms with E-state index in [-0.39, 0.29) is 11.6 Å². The predicted molar refractivity (Wildman–Crippen MR) is 91.7 cm³/mol. The highest BCUT2D eigenvalue weighted by Crippen LogP contribution is 2.10. The molecule has 0 aliphatic carbocycles. The summed E-state index contributed by atoms with van der Waals surface area (Å²) in [6, 6.07) is 0. The molecule has 0 aromatic heterocycles. The first kappa shape index (κ1) is 19.8. The van der Waals surface area contributed by atoms with Crippen molar-refractivity contribution in [3.63, 3.8) is 0 Å². The average Bonchev–Trinajstić information content (AvgIpc) is 2.51. The van der Waals surface area contributed by atoms with Crippen LogP contribution in [0.25, 0.3) is 0 Å². The number of hydrogen-bond acceptors (Lipinski definition) is 4. The number of nitrogens with zero attached hydrogens (tertiary/aromatic N) is 1. The lowest BCUT2D eigenvalue weighted by Crippen LogP contribution is -2.31. The van der Waals surface area contributed by atoms with Crippen molar-refractivity contribution in [1.29, 1.82) is 10.8 Å². The summed E-state index contributed by atoms with van der Waals surface area (Å²) in [6.07, 6.45) is 8.89. The molecule has 1 aliphatic heterocycles. The lowest BCUT2D eigenvalue weighted by Gasteiger charge is -2.23. The van der Waals surface area contributed by atoms with E-state index in [1.807, 2.05) is 20.9 Å². The molecule has 1 rings (SSSR count). The number of nitrogens with one attached hydrogen (secondary N) is 2.